The van der Waals surface area contributed by atoms with Gasteiger partial charge in [-0.25, -0.2) is 0 Å². The Kier molecular flexibility index (Phi) is 9.24. The van der Waals surface area contributed by atoms with Gasteiger partial charge in [-0.05, 0) is 111 Å². The Morgan fingerprint density at radius 3 is 2.39 bits per heavy atom. The first-order valence-corrected chi connectivity index (χ1v) is 16.6. The van der Waals surface area contributed by atoms with Crippen LogP contribution in [0.5, 0.6) is 0 Å². The summed E-state index contributed by atoms with van der Waals surface area (Å²) in [4.78, 5) is 2.43. The number of fused-ring (bicyclic) bond motifs is 5. The van der Waals surface area contributed by atoms with Crippen LogP contribution in [0.1, 0.15) is 112 Å². The van der Waals surface area contributed by atoms with E-state index in [0.717, 1.165) is 78.9 Å². The second-order valence-electron chi connectivity index (χ2n) is 16.8. The average molecular weight is 530 g/mol. The van der Waals surface area contributed by atoms with Crippen LogP contribution >= 0.6 is 0 Å². The molecule has 220 valence electrons. The van der Waals surface area contributed by atoms with Gasteiger partial charge in [0.05, 0.1) is 33.3 Å². The molecule has 0 aromatic carbocycles. The minimum Gasteiger partial charge on any atom is -0.390 e. The number of aliphatic hydroxyl groups is 1. The van der Waals surface area contributed by atoms with Crippen LogP contribution in [0.15, 0.2) is 11.6 Å². The first kappa shape index (κ1) is 30.6. The average Bonchev–Trinajstić information content (AvgIpc) is 3.19. The molecule has 1 N–H and O–H groups in total. The van der Waals surface area contributed by atoms with Gasteiger partial charge in [-0.1, -0.05) is 65.5 Å². The highest BCUT2D eigenvalue weighted by Crippen LogP contribution is 2.67. The van der Waals surface area contributed by atoms with Crippen molar-refractivity contribution >= 4 is 0 Å². The summed E-state index contributed by atoms with van der Waals surface area (Å²) in [5, 5.41) is 11.7. The first-order chi connectivity index (χ1) is 17.7. The summed E-state index contributed by atoms with van der Waals surface area (Å²) in [5.74, 6) is 5.30. The number of rotatable bonds is 11. The van der Waals surface area contributed by atoms with Crippen LogP contribution in [0, 0.1) is 46.3 Å². The van der Waals surface area contributed by atoms with E-state index in [-0.39, 0.29) is 0 Å². The second-order valence-corrected chi connectivity index (χ2v) is 16.8. The molecule has 0 heterocycles. The molecular weight excluding hydrogens is 464 g/mol. The maximum absolute atomic E-state index is 11.7. The highest BCUT2D eigenvalue weighted by Gasteiger charge is 2.59. The Balaban J connectivity index is 1.39. The van der Waals surface area contributed by atoms with E-state index in [1.165, 1.54) is 57.8 Å². The number of hydrogen-bond donors (Lipinski definition) is 1. The molecular formula is C35H65N2O+. The van der Waals surface area contributed by atoms with Crippen LogP contribution in [0.3, 0.4) is 0 Å². The van der Waals surface area contributed by atoms with Crippen molar-refractivity contribution in [1.29, 1.82) is 0 Å². The summed E-state index contributed by atoms with van der Waals surface area (Å²) >= 11 is 0. The van der Waals surface area contributed by atoms with E-state index in [9.17, 15) is 5.11 Å². The number of hydrogen-bond acceptors (Lipinski definition) is 2. The summed E-state index contributed by atoms with van der Waals surface area (Å²) < 4.78 is 1.00. The third kappa shape index (κ3) is 6.41. The molecule has 8 atom stereocenters. The Labute approximate surface area is 237 Å². The molecule has 0 aromatic heterocycles. The normalized spacial score (nSPS) is 40.1. The van der Waals surface area contributed by atoms with E-state index in [1.807, 2.05) is 0 Å². The molecule has 0 amide bonds. The van der Waals surface area contributed by atoms with Crippen LogP contribution < -0.4 is 0 Å². The fourth-order valence-electron chi connectivity index (χ4n) is 9.93. The maximum atomic E-state index is 11.7. The molecule has 0 bridgehead atoms. The standard InChI is InChI=1S/C35H65N2O/c1-26(2)11-10-12-27(3)30-15-16-31-29-14-13-28-25-35(38,21-22-36(6)23-24-37(7,8)9)20-19-33(28,4)32(29)17-18-34(30,31)5/h13,26-27,29-32,38H,10-12,14-25H2,1-9H3/q+1/t27-,29?,30-,31?,32?,33+,34-,35?/m1/s1. The van der Waals surface area contributed by atoms with Crippen molar-refractivity contribution in [2.45, 2.75) is 117 Å². The molecule has 0 aromatic rings. The van der Waals surface area contributed by atoms with E-state index in [0.29, 0.717) is 10.8 Å². The molecule has 3 heteroatoms. The van der Waals surface area contributed by atoms with Crippen LogP contribution in [0.25, 0.3) is 0 Å². The zero-order valence-electron chi connectivity index (χ0n) is 27.0. The van der Waals surface area contributed by atoms with Crippen molar-refractivity contribution < 1.29 is 9.59 Å². The Morgan fingerprint density at radius 1 is 0.974 bits per heavy atom. The highest BCUT2D eigenvalue weighted by molar-refractivity contribution is 5.27. The lowest BCUT2D eigenvalue weighted by Gasteiger charge is -2.59. The SMILES string of the molecule is CC(C)CCC[C@@H](C)[C@H]1CCC2C3CC=C4CC(O)(CCN(C)CC[N+](C)(C)C)CC[C@]4(C)C3CC[C@@]21C. The van der Waals surface area contributed by atoms with Gasteiger partial charge in [0, 0.05) is 13.1 Å². The molecule has 38 heavy (non-hydrogen) atoms. The monoisotopic (exact) mass is 530 g/mol. The lowest BCUT2D eigenvalue weighted by Crippen LogP contribution is -2.52. The fourth-order valence-corrected chi connectivity index (χ4v) is 9.93. The van der Waals surface area contributed by atoms with Gasteiger partial charge >= 0.3 is 0 Å². The molecule has 3 nitrogen and oxygen atoms in total. The minimum atomic E-state index is -0.504. The Hall–Kier alpha value is -0.380. The minimum absolute atomic E-state index is 0.326. The third-order valence-corrected chi connectivity index (χ3v) is 12.6. The van der Waals surface area contributed by atoms with Crippen LogP contribution in [0.2, 0.25) is 0 Å². The summed E-state index contributed by atoms with van der Waals surface area (Å²) in [6.45, 7) is 15.9. The largest absolute Gasteiger partial charge is 0.390 e. The molecule has 4 rings (SSSR count). The summed E-state index contributed by atoms with van der Waals surface area (Å²) in [7, 11) is 9.02. The Morgan fingerprint density at radius 2 is 1.71 bits per heavy atom. The quantitative estimate of drug-likeness (QED) is 0.218. The number of quaternary nitrogens is 1. The zero-order valence-corrected chi connectivity index (χ0v) is 27.0. The lowest BCUT2D eigenvalue weighted by atomic mass is 9.46. The molecule has 4 unspecified atom stereocenters. The van der Waals surface area contributed by atoms with Crippen molar-refractivity contribution in [3.8, 4) is 0 Å². The Bertz CT molecular complexity index is 828. The van der Waals surface area contributed by atoms with Crippen molar-refractivity contribution in [2.75, 3.05) is 47.8 Å². The van der Waals surface area contributed by atoms with E-state index in [1.54, 1.807) is 5.57 Å². The van der Waals surface area contributed by atoms with Crippen molar-refractivity contribution in [3.05, 3.63) is 11.6 Å². The summed E-state index contributed by atoms with van der Waals surface area (Å²) in [6, 6.07) is 0. The van der Waals surface area contributed by atoms with Crippen LogP contribution in [0.4, 0.5) is 0 Å². The zero-order chi connectivity index (χ0) is 27.9. The molecule has 4 aliphatic rings. The molecule has 3 saturated carbocycles. The first-order valence-electron chi connectivity index (χ1n) is 16.6. The molecule has 4 aliphatic carbocycles. The molecule has 0 saturated heterocycles. The summed E-state index contributed by atoms with van der Waals surface area (Å²) in [5.41, 5.74) is 2.01. The maximum Gasteiger partial charge on any atom is 0.0909 e. The van der Waals surface area contributed by atoms with E-state index >= 15 is 0 Å². The van der Waals surface area contributed by atoms with Crippen molar-refractivity contribution in [2.24, 2.45) is 46.3 Å². The van der Waals surface area contributed by atoms with Crippen LogP contribution in [-0.2, 0) is 0 Å². The predicted octanol–water partition coefficient (Wildman–Crippen LogP) is 7.79. The van der Waals surface area contributed by atoms with Gasteiger partial charge in [0.25, 0.3) is 0 Å². The highest BCUT2D eigenvalue weighted by atomic mass is 16.3. The number of allylic oxidation sites excluding steroid dienone is 1. The lowest BCUT2D eigenvalue weighted by molar-refractivity contribution is -0.869. The molecule has 0 aliphatic heterocycles. The topological polar surface area (TPSA) is 23.5 Å². The fraction of sp³-hybridized carbons (Fsp3) is 0.943. The molecule has 0 spiro atoms. The van der Waals surface area contributed by atoms with Gasteiger partial charge in [0.2, 0.25) is 0 Å². The predicted molar refractivity (Wildman–Crippen MR) is 163 cm³/mol. The van der Waals surface area contributed by atoms with Gasteiger partial charge in [-0.15, -0.1) is 0 Å². The number of nitrogens with zero attached hydrogens (tertiary/aromatic N) is 2. The van der Waals surface area contributed by atoms with Crippen molar-refractivity contribution in [3.63, 3.8) is 0 Å². The second kappa shape index (κ2) is 11.5. The smallest absolute Gasteiger partial charge is 0.0909 e. The van der Waals surface area contributed by atoms with E-state index in [2.05, 4.69) is 73.8 Å². The van der Waals surface area contributed by atoms with E-state index < -0.39 is 5.60 Å². The molecule has 3 fully saturated rings. The van der Waals surface area contributed by atoms with Crippen molar-refractivity contribution in [1.82, 2.24) is 4.90 Å². The van der Waals surface area contributed by atoms with Crippen LogP contribution in [-0.4, -0.2) is 67.9 Å². The van der Waals surface area contributed by atoms with E-state index in [4.69, 9.17) is 0 Å². The van der Waals surface area contributed by atoms with Gasteiger partial charge in [0.1, 0.15) is 0 Å². The molecule has 0 radical (unpaired) electrons. The van der Waals surface area contributed by atoms with Gasteiger partial charge in [0.15, 0.2) is 0 Å². The van der Waals surface area contributed by atoms with Gasteiger partial charge in [-0.2, -0.15) is 0 Å². The van der Waals surface area contributed by atoms with Gasteiger partial charge in [-0.3, -0.25) is 0 Å². The number of likely N-dealkylation sites (N-methyl/N-ethyl adjacent to an activating group) is 2. The summed E-state index contributed by atoms with van der Waals surface area (Å²) in [6.07, 6.45) is 18.0. The van der Waals surface area contributed by atoms with Gasteiger partial charge < -0.3 is 14.5 Å². The third-order valence-electron chi connectivity index (χ3n) is 12.6.